The molecule has 11 heteroatoms. The molecular formula is C23H25F3N6O2. The number of halogens is 3. The standard InChI is InChI=1S/C23H25F3N6O2/c1-13(2)32-21-18(10-28-32)17(9-19(29-21)16-8-14(3)34-15(16)4)22(33)30(5)11-20-27-6-7-31(20)12-23(24,25)26/h6-10,13H,11-12H2,1-5H3. The fourth-order valence-electron chi connectivity index (χ4n) is 3.91. The number of aryl methyl sites for hydroxylation is 2. The topological polar surface area (TPSA) is 82.0 Å². The van der Waals surface area contributed by atoms with Crippen LogP contribution in [-0.4, -0.2) is 48.3 Å². The predicted molar refractivity (Wildman–Crippen MR) is 119 cm³/mol. The van der Waals surface area contributed by atoms with Crippen molar-refractivity contribution < 1.29 is 22.4 Å². The first-order valence-corrected chi connectivity index (χ1v) is 10.7. The van der Waals surface area contributed by atoms with E-state index in [1.54, 1.807) is 16.9 Å². The fraction of sp³-hybridized carbons (Fsp3) is 0.391. The van der Waals surface area contributed by atoms with Gasteiger partial charge in [-0.3, -0.25) is 4.79 Å². The van der Waals surface area contributed by atoms with Crippen LogP contribution in [0, 0.1) is 13.8 Å². The predicted octanol–water partition coefficient (Wildman–Crippen LogP) is 4.92. The van der Waals surface area contributed by atoms with Gasteiger partial charge in [0, 0.05) is 31.0 Å². The first kappa shape index (κ1) is 23.5. The van der Waals surface area contributed by atoms with Gasteiger partial charge in [0.2, 0.25) is 0 Å². The summed E-state index contributed by atoms with van der Waals surface area (Å²) in [6.45, 7) is 6.31. The molecule has 8 nitrogen and oxygen atoms in total. The van der Waals surface area contributed by atoms with Gasteiger partial charge in [-0.15, -0.1) is 0 Å². The lowest BCUT2D eigenvalue weighted by atomic mass is 10.1. The van der Waals surface area contributed by atoms with Crippen molar-refractivity contribution in [1.82, 2.24) is 29.2 Å². The number of aromatic nitrogens is 5. The van der Waals surface area contributed by atoms with Gasteiger partial charge in [0.15, 0.2) is 5.65 Å². The van der Waals surface area contributed by atoms with Crippen molar-refractivity contribution in [2.45, 2.75) is 53.0 Å². The third-order valence-corrected chi connectivity index (χ3v) is 5.48. The van der Waals surface area contributed by atoms with Crippen LogP contribution < -0.4 is 0 Å². The quantitative estimate of drug-likeness (QED) is 0.396. The number of nitrogens with zero attached hydrogens (tertiary/aromatic N) is 6. The Balaban J connectivity index is 1.75. The highest BCUT2D eigenvalue weighted by Crippen LogP contribution is 2.30. The zero-order valence-corrected chi connectivity index (χ0v) is 19.5. The van der Waals surface area contributed by atoms with E-state index in [4.69, 9.17) is 9.40 Å². The number of carbonyl (C=O) groups is 1. The smallest absolute Gasteiger partial charge is 0.406 e. The number of carbonyl (C=O) groups excluding carboxylic acids is 1. The van der Waals surface area contributed by atoms with Gasteiger partial charge in [0.25, 0.3) is 5.91 Å². The van der Waals surface area contributed by atoms with Crippen LogP contribution in [-0.2, 0) is 13.1 Å². The lowest BCUT2D eigenvalue weighted by Gasteiger charge is -2.19. The number of furan rings is 1. The largest absolute Gasteiger partial charge is 0.466 e. The minimum Gasteiger partial charge on any atom is -0.466 e. The average Bonchev–Trinajstić information content (AvgIpc) is 3.44. The zero-order chi connectivity index (χ0) is 24.8. The maximum absolute atomic E-state index is 13.5. The van der Waals surface area contributed by atoms with Gasteiger partial charge in [-0.25, -0.2) is 14.6 Å². The average molecular weight is 474 g/mol. The summed E-state index contributed by atoms with van der Waals surface area (Å²) in [5, 5.41) is 4.97. The maximum atomic E-state index is 13.5. The summed E-state index contributed by atoms with van der Waals surface area (Å²) in [5.74, 6) is 1.14. The molecule has 0 saturated heterocycles. The summed E-state index contributed by atoms with van der Waals surface area (Å²) < 4.78 is 47.0. The number of hydrogen-bond donors (Lipinski definition) is 0. The highest BCUT2D eigenvalue weighted by molar-refractivity contribution is 6.06. The molecule has 1 amide bonds. The first-order valence-electron chi connectivity index (χ1n) is 10.7. The van der Waals surface area contributed by atoms with Crippen molar-refractivity contribution in [2.24, 2.45) is 0 Å². The Hall–Kier alpha value is -3.63. The van der Waals surface area contributed by atoms with Crippen LogP contribution in [0.3, 0.4) is 0 Å². The van der Waals surface area contributed by atoms with Gasteiger partial charge >= 0.3 is 6.18 Å². The number of amides is 1. The number of fused-ring (bicyclic) bond motifs is 1. The second kappa shape index (κ2) is 8.62. The molecule has 0 atom stereocenters. The molecule has 180 valence electrons. The molecule has 0 saturated carbocycles. The zero-order valence-electron chi connectivity index (χ0n) is 19.5. The van der Waals surface area contributed by atoms with E-state index in [0.717, 1.165) is 10.1 Å². The lowest BCUT2D eigenvalue weighted by Crippen LogP contribution is -2.29. The van der Waals surface area contributed by atoms with Gasteiger partial charge in [-0.1, -0.05) is 0 Å². The molecule has 0 aromatic carbocycles. The van der Waals surface area contributed by atoms with Gasteiger partial charge in [0.1, 0.15) is 23.9 Å². The van der Waals surface area contributed by atoms with Crippen LogP contribution in [0.4, 0.5) is 13.2 Å². The van der Waals surface area contributed by atoms with Crippen LogP contribution in [0.2, 0.25) is 0 Å². The molecule has 0 unspecified atom stereocenters. The summed E-state index contributed by atoms with van der Waals surface area (Å²) in [6, 6.07) is 3.53. The monoisotopic (exact) mass is 474 g/mol. The summed E-state index contributed by atoms with van der Waals surface area (Å²) in [7, 11) is 1.53. The van der Waals surface area contributed by atoms with Crippen molar-refractivity contribution in [1.29, 1.82) is 0 Å². The van der Waals surface area contributed by atoms with E-state index in [1.165, 1.54) is 24.3 Å². The summed E-state index contributed by atoms with van der Waals surface area (Å²) >= 11 is 0. The van der Waals surface area contributed by atoms with Crippen LogP contribution in [0.25, 0.3) is 22.3 Å². The molecule has 0 fully saturated rings. The number of rotatable bonds is 6. The van der Waals surface area contributed by atoms with E-state index in [1.807, 2.05) is 33.8 Å². The molecule has 0 N–H and O–H groups in total. The minimum atomic E-state index is -4.39. The van der Waals surface area contributed by atoms with E-state index in [9.17, 15) is 18.0 Å². The second-order valence-electron chi connectivity index (χ2n) is 8.55. The Morgan fingerprint density at radius 2 is 1.97 bits per heavy atom. The molecule has 0 radical (unpaired) electrons. The van der Waals surface area contributed by atoms with E-state index in [0.29, 0.717) is 33.8 Å². The number of imidazole rings is 1. The molecular weight excluding hydrogens is 449 g/mol. The molecule has 4 heterocycles. The summed E-state index contributed by atoms with van der Waals surface area (Å²) in [6.07, 6.45) is -0.263. The van der Waals surface area contributed by atoms with Crippen molar-refractivity contribution >= 4 is 16.9 Å². The molecule has 34 heavy (non-hydrogen) atoms. The maximum Gasteiger partial charge on any atom is 0.406 e. The van der Waals surface area contributed by atoms with Gasteiger partial charge in [0.05, 0.1) is 29.4 Å². The SMILES string of the molecule is Cc1cc(-c2cc(C(=O)N(C)Cc3nccn3CC(F)(F)F)c3cnn(C(C)C)c3n2)c(C)o1. The van der Waals surface area contributed by atoms with Crippen LogP contribution in [0.15, 0.2) is 35.1 Å². The number of pyridine rings is 1. The molecule has 4 aromatic heterocycles. The number of alkyl halides is 3. The van der Waals surface area contributed by atoms with E-state index in [-0.39, 0.29) is 24.3 Å². The Bertz CT molecular complexity index is 1350. The van der Waals surface area contributed by atoms with Gasteiger partial charge in [-0.05, 0) is 39.8 Å². The van der Waals surface area contributed by atoms with Crippen molar-refractivity contribution in [3.63, 3.8) is 0 Å². The molecule has 0 bridgehead atoms. The van der Waals surface area contributed by atoms with Crippen LogP contribution in [0.5, 0.6) is 0 Å². The molecule has 0 aliphatic carbocycles. The second-order valence-corrected chi connectivity index (χ2v) is 8.55. The Labute approximate surface area is 194 Å². The van der Waals surface area contributed by atoms with Gasteiger partial charge in [-0.2, -0.15) is 18.3 Å². The van der Waals surface area contributed by atoms with Crippen molar-refractivity contribution in [3.05, 3.63) is 53.6 Å². The van der Waals surface area contributed by atoms with Crippen LogP contribution in [0.1, 0.15) is 47.6 Å². The molecule has 4 aromatic rings. The highest BCUT2D eigenvalue weighted by Gasteiger charge is 2.29. The Morgan fingerprint density at radius 1 is 1.24 bits per heavy atom. The highest BCUT2D eigenvalue weighted by atomic mass is 19.4. The third-order valence-electron chi connectivity index (χ3n) is 5.48. The normalized spacial score (nSPS) is 12.1. The third kappa shape index (κ3) is 4.55. The van der Waals surface area contributed by atoms with Crippen molar-refractivity contribution in [3.8, 4) is 11.3 Å². The molecule has 4 rings (SSSR count). The first-order chi connectivity index (χ1) is 15.9. The lowest BCUT2D eigenvalue weighted by molar-refractivity contribution is -0.141. The van der Waals surface area contributed by atoms with Crippen LogP contribution >= 0.6 is 0 Å². The summed E-state index contributed by atoms with van der Waals surface area (Å²) in [5.41, 5.74) is 2.20. The Kier molecular flexibility index (Phi) is 5.96. The molecule has 0 aliphatic heterocycles. The van der Waals surface area contributed by atoms with Crippen molar-refractivity contribution in [2.75, 3.05) is 7.05 Å². The van der Waals surface area contributed by atoms with E-state index in [2.05, 4.69) is 10.1 Å². The fourth-order valence-corrected chi connectivity index (χ4v) is 3.91. The molecule has 0 spiro atoms. The number of hydrogen-bond acceptors (Lipinski definition) is 5. The molecule has 0 aliphatic rings. The van der Waals surface area contributed by atoms with E-state index < -0.39 is 12.7 Å². The summed E-state index contributed by atoms with van der Waals surface area (Å²) in [4.78, 5) is 23.6. The minimum absolute atomic E-state index is 0.00274. The van der Waals surface area contributed by atoms with E-state index >= 15 is 0 Å². The van der Waals surface area contributed by atoms with Gasteiger partial charge < -0.3 is 13.9 Å². The Morgan fingerprint density at radius 3 is 2.59 bits per heavy atom.